The molecule has 0 bridgehead atoms. The third-order valence-corrected chi connectivity index (χ3v) is 3.22. The summed E-state index contributed by atoms with van der Waals surface area (Å²) in [5.74, 6) is -0.965. The number of rotatable bonds is 4. The van der Waals surface area contributed by atoms with Crippen molar-refractivity contribution in [3.63, 3.8) is 0 Å². The highest BCUT2D eigenvalue weighted by molar-refractivity contribution is 6.03. The van der Waals surface area contributed by atoms with Gasteiger partial charge in [-0.3, -0.25) is 4.68 Å². The molecule has 0 aliphatic heterocycles. The number of anilines is 1. The van der Waals surface area contributed by atoms with Gasteiger partial charge < -0.3 is 10.0 Å². The van der Waals surface area contributed by atoms with E-state index in [1.54, 1.807) is 17.9 Å². The Hall–Kier alpha value is -2.11. The lowest BCUT2D eigenvalue weighted by Crippen LogP contribution is -2.32. The highest BCUT2D eigenvalue weighted by Crippen LogP contribution is 2.30. The molecule has 0 spiro atoms. The molecule has 2 aromatic rings. The smallest absolute Gasteiger partial charge is 0.339 e. The predicted octanol–water partition coefficient (Wildman–Crippen LogP) is 1.90. The molecule has 0 radical (unpaired) electrons. The highest BCUT2D eigenvalue weighted by atomic mass is 16.4. The fraction of sp³-hybridized carbons (Fsp3) is 0.462. The van der Waals surface area contributed by atoms with Crippen molar-refractivity contribution < 1.29 is 9.90 Å². The Morgan fingerprint density at radius 1 is 1.47 bits per heavy atom. The van der Waals surface area contributed by atoms with Crippen LogP contribution in [0.5, 0.6) is 0 Å². The van der Waals surface area contributed by atoms with Gasteiger partial charge in [-0.1, -0.05) is 0 Å². The van der Waals surface area contributed by atoms with Crippen molar-refractivity contribution in [2.24, 2.45) is 7.05 Å². The van der Waals surface area contributed by atoms with E-state index in [2.05, 4.69) is 15.0 Å². The SMILES string of the molecule is CCN(c1c(C(=O)O)cnc2c1cnn2C)C(C)C. The number of fused-ring (bicyclic) bond motifs is 1. The van der Waals surface area contributed by atoms with E-state index in [0.717, 1.165) is 11.9 Å². The molecule has 0 saturated heterocycles. The van der Waals surface area contributed by atoms with Crippen LogP contribution in [0.2, 0.25) is 0 Å². The molecule has 19 heavy (non-hydrogen) atoms. The van der Waals surface area contributed by atoms with E-state index in [1.165, 1.54) is 6.20 Å². The van der Waals surface area contributed by atoms with Crippen LogP contribution in [0.25, 0.3) is 11.0 Å². The number of aromatic nitrogens is 3. The predicted molar refractivity (Wildman–Crippen MR) is 73.6 cm³/mol. The first-order valence-corrected chi connectivity index (χ1v) is 6.28. The second-order valence-corrected chi connectivity index (χ2v) is 4.71. The first-order valence-electron chi connectivity index (χ1n) is 6.28. The largest absolute Gasteiger partial charge is 0.478 e. The van der Waals surface area contributed by atoms with Gasteiger partial charge in [-0.05, 0) is 20.8 Å². The second kappa shape index (κ2) is 4.87. The van der Waals surface area contributed by atoms with Gasteiger partial charge in [-0.15, -0.1) is 0 Å². The Morgan fingerprint density at radius 2 is 2.16 bits per heavy atom. The van der Waals surface area contributed by atoms with E-state index in [4.69, 9.17) is 0 Å². The Morgan fingerprint density at radius 3 is 2.68 bits per heavy atom. The van der Waals surface area contributed by atoms with Crippen LogP contribution in [-0.2, 0) is 7.05 Å². The summed E-state index contributed by atoms with van der Waals surface area (Å²) in [5.41, 5.74) is 1.61. The zero-order chi connectivity index (χ0) is 14.2. The summed E-state index contributed by atoms with van der Waals surface area (Å²) in [6.45, 7) is 6.82. The highest BCUT2D eigenvalue weighted by Gasteiger charge is 2.22. The van der Waals surface area contributed by atoms with E-state index in [0.29, 0.717) is 11.3 Å². The first kappa shape index (κ1) is 13.3. The molecule has 102 valence electrons. The fourth-order valence-corrected chi connectivity index (χ4v) is 2.33. The van der Waals surface area contributed by atoms with Crippen molar-refractivity contribution in [3.8, 4) is 0 Å². The average Bonchev–Trinajstić information content (AvgIpc) is 2.72. The van der Waals surface area contributed by atoms with Crippen LogP contribution >= 0.6 is 0 Å². The summed E-state index contributed by atoms with van der Waals surface area (Å²) in [4.78, 5) is 17.7. The van der Waals surface area contributed by atoms with E-state index in [1.807, 2.05) is 20.8 Å². The fourth-order valence-electron chi connectivity index (χ4n) is 2.33. The Kier molecular flexibility index (Phi) is 3.42. The van der Waals surface area contributed by atoms with Crippen molar-refractivity contribution in [3.05, 3.63) is 18.0 Å². The molecule has 0 fully saturated rings. The lowest BCUT2D eigenvalue weighted by molar-refractivity contribution is 0.0697. The standard InChI is InChI=1S/C13H18N4O2/c1-5-17(8(2)3)11-9-7-15-16(4)12(9)14-6-10(11)13(18)19/h6-8H,5H2,1-4H3,(H,18,19). The van der Waals surface area contributed by atoms with Crippen molar-refractivity contribution >= 4 is 22.7 Å². The van der Waals surface area contributed by atoms with Gasteiger partial charge >= 0.3 is 5.97 Å². The number of carboxylic acids is 1. The first-order chi connectivity index (χ1) is 8.97. The van der Waals surface area contributed by atoms with Crippen LogP contribution in [0, 0.1) is 0 Å². The van der Waals surface area contributed by atoms with Crippen molar-refractivity contribution in [1.82, 2.24) is 14.8 Å². The molecule has 0 unspecified atom stereocenters. The van der Waals surface area contributed by atoms with Crippen molar-refractivity contribution in [2.75, 3.05) is 11.4 Å². The summed E-state index contributed by atoms with van der Waals surface area (Å²) >= 11 is 0. The third-order valence-electron chi connectivity index (χ3n) is 3.22. The molecule has 0 aliphatic rings. The van der Waals surface area contributed by atoms with E-state index < -0.39 is 5.97 Å². The summed E-state index contributed by atoms with van der Waals surface area (Å²) in [6.07, 6.45) is 3.09. The van der Waals surface area contributed by atoms with Crippen molar-refractivity contribution in [1.29, 1.82) is 0 Å². The van der Waals surface area contributed by atoms with Crippen LogP contribution in [0.15, 0.2) is 12.4 Å². The molecular formula is C13H18N4O2. The number of hydrogen-bond donors (Lipinski definition) is 1. The molecule has 6 heteroatoms. The number of aromatic carboxylic acids is 1. The van der Waals surface area contributed by atoms with E-state index >= 15 is 0 Å². The summed E-state index contributed by atoms with van der Waals surface area (Å²) in [7, 11) is 1.80. The van der Waals surface area contributed by atoms with Gasteiger partial charge in [0.1, 0.15) is 5.56 Å². The molecule has 1 N–H and O–H groups in total. The Balaban J connectivity index is 2.79. The minimum absolute atomic E-state index is 0.203. The molecule has 2 rings (SSSR count). The maximum absolute atomic E-state index is 11.4. The number of aryl methyl sites for hydroxylation is 1. The normalized spacial score (nSPS) is 11.2. The summed E-state index contributed by atoms with van der Waals surface area (Å²) < 4.78 is 1.65. The molecule has 0 amide bonds. The number of pyridine rings is 1. The minimum atomic E-state index is -0.965. The zero-order valence-corrected chi connectivity index (χ0v) is 11.6. The topological polar surface area (TPSA) is 71.2 Å². The minimum Gasteiger partial charge on any atom is -0.478 e. The van der Waals surface area contributed by atoms with Crippen molar-refractivity contribution in [2.45, 2.75) is 26.8 Å². The van der Waals surface area contributed by atoms with Crippen LogP contribution in [0.4, 0.5) is 5.69 Å². The Bertz CT molecular complexity index is 618. The monoisotopic (exact) mass is 262 g/mol. The number of carbonyl (C=O) groups is 1. The lowest BCUT2D eigenvalue weighted by Gasteiger charge is -2.29. The average molecular weight is 262 g/mol. The lowest BCUT2D eigenvalue weighted by atomic mass is 10.1. The van der Waals surface area contributed by atoms with Crippen LogP contribution in [0.3, 0.4) is 0 Å². The molecule has 2 heterocycles. The van der Waals surface area contributed by atoms with Crippen LogP contribution in [-0.4, -0.2) is 38.4 Å². The number of hydrogen-bond acceptors (Lipinski definition) is 4. The van der Waals surface area contributed by atoms with Crippen LogP contribution in [0.1, 0.15) is 31.1 Å². The molecule has 0 atom stereocenters. The number of carboxylic acid groups (broad SMARTS) is 1. The van der Waals surface area contributed by atoms with Gasteiger partial charge in [0.2, 0.25) is 0 Å². The molecule has 0 saturated carbocycles. The molecule has 2 aromatic heterocycles. The van der Waals surface area contributed by atoms with Gasteiger partial charge in [-0.25, -0.2) is 9.78 Å². The maximum atomic E-state index is 11.4. The zero-order valence-electron chi connectivity index (χ0n) is 11.6. The number of nitrogens with zero attached hydrogens (tertiary/aromatic N) is 4. The molecule has 0 aromatic carbocycles. The Labute approximate surface area is 111 Å². The summed E-state index contributed by atoms with van der Waals surface area (Å²) in [6, 6.07) is 0.203. The van der Waals surface area contributed by atoms with Gasteiger partial charge in [0.25, 0.3) is 0 Å². The van der Waals surface area contributed by atoms with Gasteiger partial charge in [0.15, 0.2) is 5.65 Å². The second-order valence-electron chi connectivity index (χ2n) is 4.71. The van der Waals surface area contributed by atoms with E-state index in [-0.39, 0.29) is 11.6 Å². The van der Waals surface area contributed by atoms with E-state index in [9.17, 15) is 9.90 Å². The van der Waals surface area contributed by atoms with Gasteiger partial charge in [0, 0.05) is 25.8 Å². The van der Waals surface area contributed by atoms with Crippen LogP contribution < -0.4 is 4.90 Å². The molecule has 0 aliphatic carbocycles. The quantitative estimate of drug-likeness (QED) is 0.911. The third kappa shape index (κ3) is 2.14. The maximum Gasteiger partial charge on any atom is 0.339 e. The molecule has 6 nitrogen and oxygen atoms in total. The molecular weight excluding hydrogens is 244 g/mol. The summed E-state index contributed by atoms with van der Waals surface area (Å²) in [5, 5.41) is 14.3. The van der Waals surface area contributed by atoms with Gasteiger partial charge in [0.05, 0.1) is 17.3 Å². The van der Waals surface area contributed by atoms with Gasteiger partial charge in [-0.2, -0.15) is 5.10 Å².